The average molecular weight is 406 g/mol. The highest BCUT2D eigenvalue weighted by Crippen LogP contribution is 2.29. The monoisotopic (exact) mass is 405 g/mol. The van der Waals surface area contributed by atoms with E-state index in [-0.39, 0.29) is 12.3 Å². The summed E-state index contributed by atoms with van der Waals surface area (Å²) in [5.41, 5.74) is 0.537. The van der Waals surface area contributed by atoms with Crippen LogP contribution in [0.4, 0.5) is 0 Å². The molecule has 0 saturated carbocycles. The van der Waals surface area contributed by atoms with Crippen LogP contribution in [0, 0.1) is 23.2 Å². The Labute approximate surface area is 169 Å². The van der Waals surface area contributed by atoms with Crippen molar-refractivity contribution in [3.63, 3.8) is 0 Å². The molecule has 0 saturated heterocycles. The maximum atomic E-state index is 12.5. The Bertz CT molecular complexity index is 788. The molecule has 0 heterocycles. The number of para-hydroxylation sites is 1. The number of rotatable bonds is 8. The van der Waals surface area contributed by atoms with Crippen molar-refractivity contribution in [3.05, 3.63) is 60.2 Å². The minimum absolute atomic E-state index is 0.00964. The molecular weight excluding hydrogens is 385 g/mol. The van der Waals surface area contributed by atoms with Crippen molar-refractivity contribution in [2.45, 2.75) is 31.2 Å². The van der Waals surface area contributed by atoms with Gasteiger partial charge in [-0.05, 0) is 36.6 Å². The van der Waals surface area contributed by atoms with Crippen LogP contribution in [0.15, 0.2) is 54.6 Å². The Kier molecular flexibility index (Phi) is 7.97. The number of hydrogen-bond donors (Lipinski definition) is 0. The third-order valence-corrected chi connectivity index (χ3v) is 4.39. The smallest absolute Gasteiger partial charge is 0.310 e. The van der Waals surface area contributed by atoms with Crippen molar-refractivity contribution >= 4 is 29.2 Å². The van der Waals surface area contributed by atoms with Crippen LogP contribution in [0.3, 0.4) is 0 Å². The van der Waals surface area contributed by atoms with Gasteiger partial charge in [0.2, 0.25) is 6.10 Å². The molecule has 2 aromatic rings. The van der Waals surface area contributed by atoms with Crippen LogP contribution in [-0.4, -0.2) is 10.8 Å². The molecular formula is C21H21Cl2NO3. The highest BCUT2D eigenvalue weighted by atomic mass is 35.5. The molecule has 0 aliphatic heterocycles. The molecule has 0 aliphatic carbocycles. The van der Waals surface area contributed by atoms with Gasteiger partial charge >= 0.3 is 5.97 Å². The third-order valence-electron chi connectivity index (χ3n) is 4.03. The van der Waals surface area contributed by atoms with Crippen LogP contribution in [0.2, 0.25) is 0 Å². The number of halogens is 2. The van der Waals surface area contributed by atoms with E-state index in [1.165, 1.54) is 0 Å². The Morgan fingerprint density at radius 1 is 1.07 bits per heavy atom. The molecule has 0 aromatic heterocycles. The summed E-state index contributed by atoms with van der Waals surface area (Å²) in [4.78, 5) is 11.8. The van der Waals surface area contributed by atoms with Gasteiger partial charge in [0.25, 0.3) is 0 Å². The van der Waals surface area contributed by atoms with Crippen molar-refractivity contribution in [1.29, 1.82) is 5.26 Å². The summed E-state index contributed by atoms with van der Waals surface area (Å²) < 4.78 is 11.2. The standard InChI is InChI=1S/C21H21Cl2NO3/c1-14(2)18(12-20(22)23)21(25)27-19(13-24)15-7-6-10-17(11-15)26-16-8-4-3-5-9-16/h3-11,14,18-20H,12H2,1-2H3. The Morgan fingerprint density at radius 2 is 1.74 bits per heavy atom. The largest absolute Gasteiger partial charge is 0.457 e. The van der Waals surface area contributed by atoms with E-state index in [2.05, 4.69) is 0 Å². The number of hydrogen-bond acceptors (Lipinski definition) is 4. The predicted molar refractivity (Wildman–Crippen MR) is 106 cm³/mol. The van der Waals surface area contributed by atoms with E-state index in [0.29, 0.717) is 17.1 Å². The lowest BCUT2D eigenvalue weighted by molar-refractivity contribution is -0.153. The Morgan fingerprint density at radius 3 is 2.33 bits per heavy atom. The van der Waals surface area contributed by atoms with Gasteiger partial charge in [0.05, 0.1) is 5.92 Å². The minimum atomic E-state index is -1.04. The first-order valence-corrected chi connectivity index (χ1v) is 9.49. The summed E-state index contributed by atoms with van der Waals surface area (Å²) >= 11 is 11.6. The fourth-order valence-corrected chi connectivity index (χ4v) is 2.95. The summed E-state index contributed by atoms with van der Waals surface area (Å²) in [6.07, 6.45) is -0.767. The van der Waals surface area contributed by atoms with Gasteiger partial charge in [-0.15, -0.1) is 23.2 Å². The molecule has 0 radical (unpaired) electrons. The molecule has 0 fully saturated rings. The first kappa shape index (κ1) is 21.1. The van der Waals surface area contributed by atoms with Crippen LogP contribution in [0.25, 0.3) is 0 Å². The molecule has 0 N–H and O–H groups in total. The van der Waals surface area contributed by atoms with Crippen LogP contribution in [-0.2, 0) is 9.53 Å². The molecule has 0 aliphatic rings. The lowest BCUT2D eigenvalue weighted by atomic mass is 9.93. The van der Waals surface area contributed by atoms with Gasteiger partial charge in [0.15, 0.2) is 0 Å². The molecule has 2 unspecified atom stereocenters. The van der Waals surface area contributed by atoms with E-state index in [1.54, 1.807) is 24.3 Å². The van der Waals surface area contributed by atoms with Gasteiger partial charge in [-0.3, -0.25) is 4.79 Å². The SMILES string of the molecule is CC(C)C(CC(Cl)Cl)C(=O)OC(C#N)c1cccc(Oc2ccccc2)c1. The van der Waals surface area contributed by atoms with E-state index in [1.807, 2.05) is 50.2 Å². The number of alkyl halides is 2. The highest BCUT2D eigenvalue weighted by Gasteiger charge is 2.29. The quantitative estimate of drug-likeness (QED) is 0.395. The molecule has 4 nitrogen and oxygen atoms in total. The van der Waals surface area contributed by atoms with Crippen LogP contribution >= 0.6 is 23.2 Å². The molecule has 27 heavy (non-hydrogen) atoms. The Balaban J connectivity index is 2.14. The van der Waals surface area contributed by atoms with Crippen molar-refractivity contribution in [2.75, 3.05) is 0 Å². The summed E-state index contributed by atoms with van der Waals surface area (Å²) in [6, 6.07) is 18.2. The van der Waals surface area contributed by atoms with Gasteiger partial charge in [-0.25, -0.2) is 0 Å². The summed E-state index contributed by atoms with van der Waals surface area (Å²) in [5.74, 6) is 0.249. The fourth-order valence-electron chi connectivity index (χ4n) is 2.57. The molecule has 0 bridgehead atoms. The molecule has 6 heteroatoms. The zero-order chi connectivity index (χ0) is 19.8. The van der Waals surface area contributed by atoms with Crippen LogP contribution < -0.4 is 4.74 Å². The first-order chi connectivity index (χ1) is 12.9. The second kappa shape index (κ2) is 10.2. The number of ether oxygens (including phenoxy) is 2. The second-order valence-corrected chi connectivity index (χ2v) is 7.69. The summed E-state index contributed by atoms with van der Waals surface area (Å²) in [6.45, 7) is 3.77. The molecule has 2 atom stereocenters. The number of nitriles is 1. The number of nitrogens with zero attached hydrogens (tertiary/aromatic N) is 1. The number of carbonyl (C=O) groups is 1. The lowest BCUT2D eigenvalue weighted by Gasteiger charge is -2.21. The van der Waals surface area contributed by atoms with Gasteiger partial charge in [0, 0.05) is 5.56 Å². The van der Waals surface area contributed by atoms with Gasteiger partial charge in [-0.1, -0.05) is 44.2 Å². The maximum Gasteiger partial charge on any atom is 0.310 e. The van der Waals surface area contributed by atoms with Gasteiger partial charge in [0.1, 0.15) is 22.4 Å². The van der Waals surface area contributed by atoms with E-state index >= 15 is 0 Å². The van der Waals surface area contributed by atoms with Crippen LogP contribution in [0.5, 0.6) is 11.5 Å². The average Bonchev–Trinajstić information content (AvgIpc) is 2.64. The summed E-state index contributed by atoms with van der Waals surface area (Å²) in [7, 11) is 0. The third kappa shape index (κ3) is 6.46. The zero-order valence-corrected chi connectivity index (χ0v) is 16.7. The van der Waals surface area contributed by atoms with E-state index in [9.17, 15) is 10.1 Å². The predicted octanol–water partition coefficient (Wildman–Crippen LogP) is 6.05. The van der Waals surface area contributed by atoms with E-state index in [0.717, 1.165) is 0 Å². The second-order valence-electron chi connectivity index (χ2n) is 6.41. The van der Waals surface area contributed by atoms with Crippen LogP contribution in [0.1, 0.15) is 31.9 Å². The number of carbonyl (C=O) groups excluding carboxylic acids is 1. The maximum absolute atomic E-state index is 12.5. The van der Waals surface area contributed by atoms with Gasteiger partial charge in [-0.2, -0.15) is 5.26 Å². The van der Waals surface area contributed by atoms with E-state index < -0.39 is 22.8 Å². The number of esters is 1. The molecule has 2 aromatic carbocycles. The van der Waals surface area contributed by atoms with Crippen molar-refractivity contribution in [2.24, 2.45) is 11.8 Å². The lowest BCUT2D eigenvalue weighted by Crippen LogP contribution is -2.26. The van der Waals surface area contributed by atoms with Crippen molar-refractivity contribution in [3.8, 4) is 17.6 Å². The first-order valence-electron chi connectivity index (χ1n) is 8.61. The zero-order valence-electron chi connectivity index (χ0n) is 15.1. The summed E-state index contributed by atoms with van der Waals surface area (Å²) in [5, 5.41) is 9.49. The Hall–Kier alpha value is -2.22. The molecule has 0 spiro atoms. The fraction of sp³-hybridized carbons (Fsp3) is 0.333. The highest BCUT2D eigenvalue weighted by molar-refractivity contribution is 6.44. The van der Waals surface area contributed by atoms with Crippen molar-refractivity contribution in [1.82, 2.24) is 0 Å². The van der Waals surface area contributed by atoms with Gasteiger partial charge < -0.3 is 9.47 Å². The van der Waals surface area contributed by atoms with E-state index in [4.69, 9.17) is 32.7 Å². The topological polar surface area (TPSA) is 59.3 Å². The molecule has 0 amide bonds. The normalized spacial score (nSPS) is 13.1. The number of benzene rings is 2. The molecule has 142 valence electrons. The van der Waals surface area contributed by atoms with Crippen molar-refractivity contribution < 1.29 is 14.3 Å². The minimum Gasteiger partial charge on any atom is -0.457 e. The molecule has 2 rings (SSSR count).